The zero-order valence-electron chi connectivity index (χ0n) is 16.0. The van der Waals surface area contributed by atoms with Gasteiger partial charge in [0.1, 0.15) is 6.33 Å². The summed E-state index contributed by atoms with van der Waals surface area (Å²) in [6.45, 7) is 0.453. The highest BCUT2D eigenvalue weighted by molar-refractivity contribution is 7.99. The molecule has 7 nitrogen and oxygen atoms in total. The van der Waals surface area contributed by atoms with E-state index in [-0.39, 0.29) is 17.6 Å². The molecule has 0 radical (unpaired) electrons. The highest BCUT2D eigenvalue weighted by Crippen LogP contribution is 2.22. The number of benzene rings is 2. The Morgan fingerprint density at radius 3 is 2.66 bits per heavy atom. The van der Waals surface area contributed by atoms with Crippen LogP contribution in [0.1, 0.15) is 15.9 Å². The molecule has 29 heavy (non-hydrogen) atoms. The number of aromatic nitrogens is 3. The highest BCUT2D eigenvalue weighted by atomic mass is 35.5. The van der Waals surface area contributed by atoms with Crippen molar-refractivity contribution in [3.63, 3.8) is 0 Å². The van der Waals surface area contributed by atoms with Crippen LogP contribution in [0.25, 0.3) is 5.69 Å². The molecule has 0 aliphatic rings. The largest absolute Gasteiger partial charge is 0.355 e. The van der Waals surface area contributed by atoms with Crippen LogP contribution < -0.4 is 5.32 Å². The lowest BCUT2D eigenvalue weighted by molar-refractivity contribution is -0.127. The van der Waals surface area contributed by atoms with E-state index in [9.17, 15) is 9.59 Å². The zero-order chi connectivity index (χ0) is 20.8. The van der Waals surface area contributed by atoms with Gasteiger partial charge in [0, 0.05) is 31.2 Å². The minimum absolute atomic E-state index is 0.0361. The molecule has 0 spiro atoms. The predicted octanol–water partition coefficient (Wildman–Crippen LogP) is 3.03. The van der Waals surface area contributed by atoms with Crippen molar-refractivity contribution < 1.29 is 9.59 Å². The minimum Gasteiger partial charge on any atom is -0.355 e. The molecule has 0 atom stereocenters. The molecule has 0 aliphatic carbocycles. The van der Waals surface area contributed by atoms with Crippen LogP contribution in [-0.4, -0.2) is 51.3 Å². The average Bonchev–Trinajstić information content (AvgIpc) is 3.20. The maximum absolute atomic E-state index is 12.5. The van der Waals surface area contributed by atoms with Gasteiger partial charge in [-0.2, -0.15) is 0 Å². The van der Waals surface area contributed by atoms with Gasteiger partial charge < -0.3 is 10.2 Å². The normalized spacial score (nSPS) is 10.6. The van der Waals surface area contributed by atoms with Gasteiger partial charge in [0.25, 0.3) is 5.91 Å². The number of thioether (sulfide) groups is 1. The lowest BCUT2D eigenvalue weighted by Gasteiger charge is -2.17. The SMILES string of the molecule is CNC(=O)c1ccc(CN(C)C(=O)CSc2nncn2-c2cccc(Cl)c2)cc1. The number of amides is 2. The number of hydrogen-bond donors (Lipinski definition) is 1. The topological polar surface area (TPSA) is 80.1 Å². The first-order valence-corrected chi connectivity index (χ1v) is 10.2. The number of nitrogens with zero attached hydrogens (tertiary/aromatic N) is 4. The molecule has 0 saturated heterocycles. The zero-order valence-corrected chi connectivity index (χ0v) is 17.6. The van der Waals surface area contributed by atoms with E-state index in [1.54, 1.807) is 48.1 Å². The third kappa shape index (κ3) is 5.36. The van der Waals surface area contributed by atoms with Gasteiger partial charge >= 0.3 is 0 Å². The number of hydrogen-bond acceptors (Lipinski definition) is 5. The van der Waals surface area contributed by atoms with Crippen molar-refractivity contribution in [1.82, 2.24) is 25.0 Å². The summed E-state index contributed by atoms with van der Waals surface area (Å²) >= 11 is 7.36. The van der Waals surface area contributed by atoms with Crippen LogP contribution in [-0.2, 0) is 11.3 Å². The van der Waals surface area contributed by atoms with Crippen molar-refractivity contribution in [1.29, 1.82) is 0 Å². The molecule has 0 fully saturated rings. The first-order chi connectivity index (χ1) is 14.0. The van der Waals surface area contributed by atoms with Gasteiger partial charge in [-0.25, -0.2) is 0 Å². The second-order valence-corrected chi connectivity index (χ2v) is 7.66. The lowest BCUT2D eigenvalue weighted by Crippen LogP contribution is -2.28. The second-order valence-electron chi connectivity index (χ2n) is 6.28. The molecule has 3 aromatic rings. The summed E-state index contributed by atoms with van der Waals surface area (Å²) in [5.41, 5.74) is 2.36. The van der Waals surface area contributed by atoms with Crippen molar-refractivity contribution >= 4 is 35.2 Å². The van der Waals surface area contributed by atoms with Crippen LogP contribution >= 0.6 is 23.4 Å². The fourth-order valence-corrected chi connectivity index (χ4v) is 3.68. The van der Waals surface area contributed by atoms with Crippen molar-refractivity contribution in [2.24, 2.45) is 0 Å². The second kappa shape index (κ2) is 9.58. The summed E-state index contributed by atoms with van der Waals surface area (Å²) in [6, 6.07) is 14.5. The molecule has 2 amide bonds. The van der Waals surface area contributed by atoms with Crippen LogP contribution in [0.4, 0.5) is 0 Å². The van der Waals surface area contributed by atoms with E-state index in [1.165, 1.54) is 11.8 Å². The molecule has 0 bridgehead atoms. The molecule has 1 heterocycles. The fraction of sp³-hybridized carbons (Fsp3) is 0.200. The molecule has 0 aliphatic heterocycles. The van der Waals surface area contributed by atoms with E-state index in [1.807, 2.05) is 30.3 Å². The Morgan fingerprint density at radius 1 is 1.21 bits per heavy atom. The Labute approximate surface area is 178 Å². The van der Waals surface area contributed by atoms with Crippen LogP contribution in [0, 0.1) is 0 Å². The summed E-state index contributed by atoms with van der Waals surface area (Å²) in [4.78, 5) is 25.8. The number of carbonyl (C=O) groups excluding carboxylic acids is 2. The summed E-state index contributed by atoms with van der Waals surface area (Å²) in [7, 11) is 3.34. The number of rotatable bonds is 7. The minimum atomic E-state index is -0.138. The molecule has 9 heteroatoms. The van der Waals surface area contributed by atoms with Crippen molar-refractivity contribution in [3.05, 3.63) is 71.0 Å². The standard InChI is InChI=1S/C20H20ClN5O2S/c1-22-19(28)15-8-6-14(7-9-15)11-25(2)18(27)12-29-20-24-23-13-26(20)17-5-3-4-16(21)10-17/h3-10,13H,11-12H2,1-2H3,(H,22,28). The van der Waals surface area contributed by atoms with Crippen LogP contribution in [0.3, 0.4) is 0 Å². The van der Waals surface area contributed by atoms with Crippen molar-refractivity contribution in [2.45, 2.75) is 11.7 Å². The fourth-order valence-electron chi connectivity index (χ4n) is 2.63. The number of halogens is 1. The Bertz CT molecular complexity index is 1010. The van der Waals surface area contributed by atoms with Crippen LogP contribution in [0.15, 0.2) is 60.0 Å². The molecule has 150 valence electrons. The van der Waals surface area contributed by atoms with E-state index in [2.05, 4.69) is 15.5 Å². The summed E-state index contributed by atoms with van der Waals surface area (Å²) < 4.78 is 1.79. The first-order valence-electron chi connectivity index (χ1n) is 8.81. The molecule has 0 unspecified atom stereocenters. The summed E-state index contributed by atoms with van der Waals surface area (Å²) in [6.07, 6.45) is 1.59. The molecule has 0 saturated carbocycles. The van der Waals surface area contributed by atoms with Crippen molar-refractivity contribution in [3.8, 4) is 5.69 Å². The van der Waals surface area contributed by atoms with Gasteiger partial charge in [-0.1, -0.05) is 41.6 Å². The van der Waals surface area contributed by atoms with Gasteiger partial charge in [-0.15, -0.1) is 10.2 Å². The maximum atomic E-state index is 12.5. The Hall–Kier alpha value is -2.84. The first kappa shape index (κ1) is 20.9. The molecular weight excluding hydrogens is 410 g/mol. The van der Waals surface area contributed by atoms with E-state index in [4.69, 9.17) is 11.6 Å². The molecule has 1 aromatic heterocycles. The highest BCUT2D eigenvalue weighted by Gasteiger charge is 2.14. The molecular formula is C20H20ClN5O2S. The van der Waals surface area contributed by atoms with Gasteiger partial charge in [0.2, 0.25) is 5.91 Å². The van der Waals surface area contributed by atoms with Gasteiger partial charge in [-0.3, -0.25) is 14.2 Å². The lowest BCUT2D eigenvalue weighted by atomic mass is 10.1. The third-order valence-corrected chi connectivity index (χ3v) is 5.38. The monoisotopic (exact) mass is 429 g/mol. The summed E-state index contributed by atoms with van der Waals surface area (Å²) in [5.74, 6) is 0.0544. The molecule has 1 N–H and O–H groups in total. The Morgan fingerprint density at radius 2 is 1.97 bits per heavy atom. The average molecular weight is 430 g/mol. The van der Waals surface area contributed by atoms with Gasteiger partial charge in [-0.05, 0) is 35.9 Å². The molecule has 2 aromatic carbocycles. The van der Waals surface area contributed by atoms with E-state index < -0.39 is 0 Å². The van der Waals surface area contributed by atoms with E-state index >= 15 is 0 Å². The van der Waals surface area contributed by atoms with E-state index in [0.717, 1.165) is 11.3 Å². The third-order valence-electron chi connectivity index (χ3n) is 4.22. The Balaban J connectivity index is 1.58. The maximum Gasteiger partial charge on any atom is 0.251 e. The van der Waals surface area contributed by atoms with Crippen LogP contribution in [0.5, 0.6) is 0 Å². The van der Waals surface area contributed by atoms with Gasteiger partial charge in [0.05, 0.1) is 11.4 Å². The number of nitrogens with one attached hydrogen (secondary N) is 1. The smallest absolute Gasteiger partial charge is 0.251 e. The quantitative estimate of drug-likeness (QED) is 0.584. The van der Waals surface area contributed by atoms with Crippen LogP contribution in [0.2, 0.25) is 5.02 Å². The number of carbonyl (C=O) groups is 2. The van der Waals surface area contributed by atoms with Crippen molar-refractivity contribution in [2.75, 3.05) is 19.8 Å². The Kier molecular flexibility index (Phi) is 6.90. The predicted molar refractivity (Wildman–Crippen MR) is 113 cm³/mol. The summed E-state index contributed by atoms with van der Waals surface area (Å²) in [5, 5.41) is 11.8. The van der Waals surface area contributed by atoms with E-state index in [0.29, 0.717) is 22.3 Å². The molecule has 3 rings (SSSR count). The van der Waals surface area contributed by atoms with Gasteiger partial charge in [0.15, 0.2) is 5.16 Å².